The Hall–Kier alpha value is -2.98. The normalized spacial score (nSPS) is 9.55. The first kappa shape index (κ1) is 13.5. The second-order valence-corrected chi connectivity index (χ2v) is 4.20. The van der Waals surface area contributed by atoms with Gasteiger partial charge in [0.1, 0.15) is 24.0 Å². The van der Waals surface area contributed by atoms with E-state index in [1.54, 1.807) is 31.2 Å². The second-order valence-electron chi connectivity index (χ2n) is 4.20. The van der Waals surface area contributed by atoms with Crippen molar-refractivity contribution in [1.82, 2.24) is 4.98 Å². The lowest BCUT2D eigenvalue weighted by Gasteiger charge is -2.08. The summed E-state index contributed by atoms with van der Waals surface area (Å²) in [5, 5.41) is 9.13. The molecular weight excluding hydrogens is 252 g/mol. The summed E-state index contributed by atoms with van der Waals surface area (Å²) in [7, 11) is 0. The molecule has 0 aliphatic rings. The zero-order valence-electron chi connectivity index (χ0n) is 10.9. The molecular formula is C16H12N2O2. The molecule has 1 N–H and O–H groups in total. The van der Waals surface area contributed by atoms with Gasteiger partial charge in [-0.1, -0.05) is 18.1 Å². The lowest BCUT2D eigenvalue weighted by molar-refractivity contribution is 0.370. The molecule has 0 bridgehead atoms. The van der Waals surface area contributed by atoms with Gasteiger partial charge < -0.3 is 9.72 Å². The quantitative estimate of drug-likeness (QED) is 0.864. The van der Waals surface area contributed by atoms with Crippen LogP contribution in [-0.2, 0) is 0 Å². The summed E-state index contributed by atoms with van der Waals surface area (Å²) in [5.74, 6) is 2.99. The Labute approximate surface area is 116 Å². The van der Waals surface area contributed by atoms with E-state index in [0.717, 1.165) is 5.56 Å². The van der Waals surface area contributed by atoms with Crippen LogP contribution in [0, 0.1) is 30.6 Å². The molecule has 98 valence electrons. The fraction of sp³-hybridized carbons (Fsp3) is 0.125. The van der Waals surface area contributed by atoms with E-state index in [0.29, 0.717) is 17.0 Å². The topological polar surface area (TPSA) is 65.9 Å². The number of hydrogen-bond donors (Lipinski definition) is 1. The van der Waals surface area contributed by atoms with E-state index in [2.05, 4.69) is 10.9 Å². The van der Waals surface area contributed by atoms with E-state index in [-0.39, 0.29) is 12.2 Å². The van der Waals surface area contributed by atoms with Crippen molar-refractivity contribution in [3.63, 3.8) is 0 Å². The number of terminal acetylenes is 1. The van der Waals surface area contributed by atoms with Gasteiger partial charge in [0.2, 0.25) is 0 Å². The highest BCUT2D eigenvalue weighted by Crippen LogP contribution is 2.25. The highest BCUT2D eigenvalue weighted by molar-refractivity contribution is 5.71. The van der Waals surface area contributed by atoms with Gasteiger partial charge in [-0.15, -0.1) is 6.42 Å². The van der Waals surface area contributed by atoms with Gasteiger partial charge in [0.05, 0.1) is 0 Å². The number of pyridine rings is 1. The molecule has 1 heterocycles. The fourth-order valence-electron chi connectivity index (χ4n) is 1.91. The van der Waals surface area contributed by atoms with Gasteiger partial charge in [-0.2, -0.15) is 5.26 Å². The van der Waals surface area contributed by atoms with Crippen LogP contribution in [0.15, 0.2) is 35.1 Å². The van der Waals surface area contributed by atoms with Gasteiger partial charge in [-0.05, 0) is 30.7 Å². The average molecular weight is 264 g/mol. The largest absolute Gasteiger partial charge is 0.481 e. The monoisotopic (exact) mass is 264 g/mol. The van der Waals surface area contributed by atoms with Gasteiger partial charge in [0.25, 0.3) is 5.56 Å². The Balaban J connectivity index is 2.55. The summed E-state index contributed by atoms with van der Waals surface area (Å²) < 4.78 is 5.35. The van der Waals surface area contributed by atoms with Crippen molar-refractivity contribution in [2.24, 2.45) is 0 Å². The van der Waals surface area contributed by atoms with Crippen LogP contribution in [0.5, 0.6) is 5.75 Å². The Morgan fingerprint density at radius 3 is 2.90 bits per heavy atom. The standard InChI is InChI=1S/C16H12N2O2/c1-3-7-20-13-6-4-5-12(9-13)14-8-11(2)18-16(19)15(14)10-17/h1,4-6,8-9H,7H2,2H3,(H,18,19). The molecule has 0 atom stereocenters. The lowest BCUT2D eigenvalue weighted by Crippen LogP contribution is -2.12. The predicted octanol–water partition coefficient (Wildman–Crippen LogP) is 2.23. The summed E-state index contributed by atoms with van der Waals surface area (Å²) >= 11 is 0. The van der Waals surface area contributed by atoms with E-state index >= 15 is 0 Å². The first-order valence-electron chi connectivity index (χ1n) is 5.96. The molecule has 0 aliphatic carbocycles. The maximum Gasteiger partial charge on any atom is 0.266 e. The number of ether oxygens (including phenoxy) is 1. The molecule has 1 aromatic carbocycles. The SMILES string of the molecule is C#CCOc1cccc(-c2cc(C)[nH]c(=O)c2C#N)c1. The number of hydrogen-bond acceptors (Lipinski definition) is 3. The van der Waals surface area contributed by atoms with Crippen LogP contribution in [0.3, 0.4) is 0 Å². The van der Waals surface area contributed by atoms with Crippen molar-refractivity contribution in [3.8, 4) is 35.3 Å². The fourth-order valence-corrected chi connectivity index (χ4v) is 1.91. The minimum Gasteiger partial charge on any atom is -0.481 e. The van der Waals surface area contributed by atoms with Crippen LogP contribution >= 0.6 is 0 Å². The molecule has 0 amide bonds. The van der Waals surface area contributed by atoms with Gasteiger partial charge in [0.15, 0.2) is 0 Å². The first-order chi connectivity index (χ1) is 9.65. The lowest BCUT2D eigenvalue weighted by atomic mass is 10.0. The minimum absolute atomic E-state index is 0.0877. The van der Waals surface area contributed by atoms with Crippen molar-refractivity contribution >= 4 is 0 Å². The first-order valence-corrected chi connectivity index (χ1v) is 5.96. The number of H-pyrrole nitrogens is 1. The number of aryl methyl sites for hydroxylation is 1. The summed E-state index contributed by atoms with van der Waals surface area (Å²) in [6.45, 7) is 1.94. The van der Waals surface area contributed by atoms with Crippen LogP contribution in [0.2, 0.25) is 0 Å². The smallest absolute Gasteiger partial charge is 0.266 e. The summed E-state index contributed by atoms with van der Waals surface area (Å²) in [6.07, 6.45) is 5.15. The molecule has 2 rings (SSSR count). The minimum atomic E-state index is -0.391. The van der Waals surface area contributed by atoms with Crippen molar-refractivity contribution in [1.29, 1.82) is 5.26 Å². The van der Waals surface area contributed by atoms with Gasteiger partial charge in [0, 0.05) is 11.3 Å². The van der Waals surface area contributed by atoms with E-state index in [4.69, 9.17) is 16.4 Å². The molecule has 0 saturated heterocycles. The zero-order chi connectivity index (χ0) is 14.5. The van der Waals surface area contributed by atoms with Gasteiger partial charge in [-0.3, -0.25) is 4.79 Å². The molecule has 0 saturated carbocycles. The van der Waals surface area contributed by atoms with Crippen LogP contribution in [0.1, 0.15) is 11.3 Å². The van der Waals surface area contributed by atoms with Crippen LogP contribution < -0.4 is 10.3 Å². The molecule has 0 aliphatic heterocycles. The third kappa shape index (κ3) is 2.71. The highest BCUT2D eigenvalue weighted by atomic mass is 16.5. The average Bonchev–Trinajstić information content (AvgIpc) is 2.44. The maximum atomic E-state index is 11.8. The molecule has 0 radical (unpaired) electrons. The number of nitrogens with zero attached hydrogens (tertiary/aromatic N) is 1. The Morgan fingerprint density at radius 1 is 1.40 bits per heavy atom. The zero-order valence-corrected chi connectivity index (χ0v) is 10.9. The number of aromatic amines is 1. The molecule has 4 heteroatoms. The number of benzene rings is 1. The number of nitriles is 1. The number of nitrogens with one attached hydrogen (secondary N) is 1. The summed E-state index contributed by atoms with van der Waals surface area (Å²) in [5.41, 5.74) is 1.71. The predicted molar refractivity (Wildman–Crippen MR) is 76.3 cm³/mol. The van der Waals surface area contributed by atoms with E-state index in [1.165, 1.54) is 0 Å². The van der Waals surface area contributed by atoms with Crippen LogP contribution in [-0.4, -0.2) is 11.6 Å². The van der Waals surface area contributed by atoms with Crippen LogP contribution in [0.25, 0.3) is 11.1 Å². The van der Waals surface area contributed by atoms with Crippen molar-refractivity contribution in [2.75, 3.05) is 6.61 Å². The molecule has 0 spiro atoms. The number of rotatable bonds is 3. The van der Waals surface area contributed by atoms with Gasteiger partial charge in [-0.25, -0.2) is 0 Å². The van der Waals surface area contributed by atoms with Crippen molar-refractivity contribution < 1.29 is 4.74 Å². The molecule has 4 nitrogen and oxygen atoms in total. The van der Waals surface area contributed by atoms with Crippen LogP contribution in [0.4, 0.5) is 0 Å². The maximum absolute atomic E-state index is 11.8. The second kappa shape index (κ2) is 5.77. The molecule has 0 unspecified atom stereocenters. The van der Waals surface area contributed by atoms with Crippen molar-refractivity contribution in [3.05, 3.63) is 51.9 Å². The molecule has 2 aromatic rings. The molecule has 20 heavy (non-hydrogen) atoms. The Kier molecular flexibility index (Phi) is 3.88. The third-order valence-corrected chi connectivity index (χ3v) is 2.75. The van der Waals surface area contributed by atoms with Crippen molar-refractivity contribution in [2.45, 2.75) is 6.92 Å². The van der Waals surface area contributed by atoms with E-state index in [9.17, 15) is 4.79 Å². The summed E-state index contributed by atoms with van der Waals surface area (Å²) in [6, 6.07) is 10.8. The number of aromatic nitrogens is 1. The third-order valence-electron chi connectivity index (χ3n) is 2.75. The summed E-state index contributed by atoms with van der Waals surface area (Å²) in [4.78, 5) is 14.4. The van der Waals surface area contributed by atoms with E-state index in [1.807, 2.05) is 12.1 Å². The van der Waals surface area contributed by atoms with E-state index < -0.39 is 5.56 Å². The Morgan fingerprint density at radius 2 is 2.20 bits per heavy atom. The molecule has 0 fully saturated rings. The highest BCUT2D eigenvalue weighted by Gasteiger charge is 2.10. The molecule has 1 aromatic heterocycles. The Bertz CT molecular complexity index is 776. The van der Waals surface area contributed by atoms with Gasteiger partial charge >= 0.3 is 0 Å².